The molecule has 0 amide bonds. The van der Waals surface area contributed by atoms with E-state index in [0.717, 1.165) is 59.8 Å². The molecule has 3 nitrogen and oxygen atoms in total. The summed E-state index contributed by atoms with van der Waals surface area (Å²) in [7, 11) is 0. The maximum Gasteiger partial charge on any atom is 0.137 e. The highest BCUT2D eigenvalue weighted by atomic mass is 32.1. The Hall–Kier alpha value is -5.19. The second kappa shape index (κ2) is 9.77. The van der Waals surface area contributed by atoms with Crippen molar-refractivity contribution in [2.75, 3.05) is 4.90 Å². The van der Waals surface area contributed by atoms with Crippen LogP contribution in [0.2, 0.25) is 0 Å². The van der Waals surface area contributed by atoms with Crippen molar-refractivity contribution in [3.63, 3.8) is 0 Å². The first kappa shape index (κ1) is 23.7. The SMILES string of the molecule is c1ccc(-c2ccc(N(c3ccccc3)c3ccc4oc5cc6nc(-c7ccccc7)sc6cc5c4c3)cc2)cc1. The van der Waals surface area contributed by atoms with Crippen LogP contribution in [0.3, 0.4) is 0 Å². The molecule has 0 unspecified atom stereocenters. The fourth-order valence-corrected chi connectivity index (χ4v) is 6.48. The van der Waals surface area contributed by atoms with Crippen LogP contribution in [-0.4, -0.2) is 4.98 Å². The van der Waals surface area contributed by atoms with Crippen LogP contribution in [0, 0.1) is 0 Å². The topological polar surface area (TPSA) is 29.3 Å². The Morgan fingerprint density at radius 2 is 1.07 bits per heavy atom. The van der Waals surface area contributed by atoms with Crippen molar-refractivity contribution in [1.29, 1.82) is 0 Å². The molecular weight excluding hydrogens is 520 g/mol. The lowest BCUT2D eigenvalue weighted by molar-refractivity contribution is 0.669. The van der Waals surface area contributed by atoms with Gasteiger partial charge in [-0.15, -0.1) is 11.3 Å². The molecule has 8 rings (SSSR count). The first-order valence-corrected chi connectivity index (χ1v) is 14.4. The Balaban J connectivity index is 1.25. The summed E-state index contributed by atoms with van der Waals surface area (Å²) in [5.74, 6) is 0. The number of anilines is 3. The van der Waals surface area contributed by atoms with Gasteiger partial charge in [0.25, 0.3) is 0 Å². The van der Waals surface area contributed by atoms with E-state index in [4.69, 9.17) is 9.40 Å². The van der Waals surface area contributed by atoms with Gasteiger partial charge in [-0.1, -0.05) is 91.0 Å². The molecule has 0 aliphatic carbocycles. The molecule has 0 fully saturated rings. The van der Waals surface area contributed by atoms with Crippen LogP contribution in [0.15, 0.2) is 150 Å². The summed E-state index contributed by atoms with van der Waals surface area (Å²) in [6.07, 6.45) is 0. The van der Waals surface area contributed by atoms with E-state index < -0.39 is 0 Å². The number of para-hydroxylation sites is 1. The van der Waals surface area contributed by atoms with Crippen LogP contribution in [0.1, 0.15) is 0 Å². The third-order valence-electron chi connectivity index (χ3n) is 7.49. The van der Waals surface area contributed by atoms with Gasteiger partial charge in [-0.2, -0.15) is 0 Å². The van der Waals surface area contributed by atoms with E-state index in [9.17, 15) is 0 Å². The van der Waals surface area contributed by atoms with E-state index >= 15 is 0 Å². The second-order valence-corrected chi connectivity index (χ2v) is 11.1. The molecule has 2 aromatic heterocycles. The average molecular weight is 545 g/mol. The van der Waals surface area contributed by atoms with E-state index in [1.165, 1.54) is 11.1 Å². The minimum Gasteiger partial charge on any atom is -0.456 e. The van der Waals surface area contributed by atoms with E-state index in [1.54, 1.807) is 11.3 Å². The number of aromatic nitrogens is 1. The third kappa shape index (κ3) is 4.26. The molecule has 0 saturated heterocycles. The fourth-order valence-electron chi connectivity index (χ4n) is 5.49. The second-order valence-electron chi connectivity index (χ2n) is 10.1. The summed E-state index contributed by atoms with van der Waals surface area (Å²) in [6, 6.07) is 50.9. The molecule has 4 heteroatoms. The number of nitrogens with zero attached hydrogens (tertiary/aromatic N) is 2. The largest absolute Gasteiger partial charge is 0.456 e. The molecule has 0 atom stereocenters. The molecule has 0 N–H and O–H groups in total. The van der Waals surface area contributed by atoms with E-state index in [2.05, 4.69) is 138 Å². The van der Waals surface area contributed by atoms with Crippen LogP contribution in [-0.2, 0) is 0 Å². The molecule has 2 heterocycles. The third-order valence-corrected chi connectivity index (χ3v) is 8.56. The van der Waals surface area contributed by atoms with E-state index in [0.29, 0.717) is 0 Å². The number of hydrogen-bond donors (Lipinski definition) is 0. The minimum absolute atomic E-state index is 0.855. The van der Waals surface area contributed by atoms with Crippen LogP contribution < -0.4 is 4.90 Å². The van der Waals surface area contributed by atoms with Crippen molar-refractivity contribution in [2.24, 2.45) is 0 Å². The van der Waals surface area contributed by atoms with Crippen molar-refractivity contribution >= 4 is 60.6 Å². The highest BCUT2D eigenvalue weighted by Crippen LogP contribution is 2.41. The minimum atomic E-state index is 0.855. The van der Waals surface area contributed by atoms with E-state index in [1.807, 2.05) is 12.1 Å². The molecule has 41 heavy (non-hydrogen) atoms. The predicted octanol–water partition coefficient (Wildman–Crippen LogP) is 11.0. The zero-order chi connectivity index (χ0) is 27.2. The predicted molar refractivity (Wildman–Crippen MR) is 172 cm³/mol. The molecule has 0 aliphatic rings. The van der Waals surface area contributed by atoms with Crippen molar-refractivity contribution in [2.45, 2.75) is 0 Å². The highest BCUT2D eigenvalue weighted by Gasteiger charge is 2.17. The number of hydrogen-bond acceptors (Lipinski definition) is 4. The van der Waals surface area contributed by atoms with Crippen molar-refractivity contribution in [1.82, 2.24) is 4.98 Å². The van der Waals surface area contributed by atoms with Crippen molar-refractivity contribution in [3.05, 3.63) is 146 Å². The zero-order valence-corrected chi connectivity index (χ0v) is 22.9. The highest BCUT2D eigenvalue weighted by molar-refractivity contribution is 7.21. The zero-order valence-electron chi connectivity index (χ0n) is 22.1. The average Bonchev–Trinajstić information content (AvgIpc) is 3.62. The smallest absolute Gasteiger partial charge is 0.137 e. The van der Waals surface area contributed by atoms with Gasteiger partial charge in [-0.05, 0) is 59.7 Å². The number of rotatable bonds is 5. The summed E-state index contributed by atoms with van der Waals surface area (Å²) in [6.45, 7) is 0. The molecule has 0 spiro atoms. The van der Waals surface area contributed by atoms with Gasteiger partial charge in [0.15, 0.2) is 0 Å². The first-order valence-electron chi connectivity index (χ1n) is 13.6. The Labute approximate surface area is 241 Å². The number of fused-ring (bicyclic) bond motifs is 4. The Bertz CT molecular complexity index is 2130. The Kier molecular flexibility index (Phi) is 5.64. The molecule has 194 valence electrons. The van der Waals surface area contributed by atoms with Gasteiger partial charge in [0, 0.05) is 39.5 Å². The molecule has 6 aromatic carbocycles. The van der Waals surface area contributed by atoms with Gasteiger partial charge in [0.2, 0.25) is 0 Å². The summed E-state index contributed by atoms with van der Waals surface area (Å²) in [5.41, 5.74) is 9.51. The molecule has 8 aromatic rings. The van der Waals surface area contributed by atoms with Gasteiger partial charge in [-0.25, -0.2) is 4.98 Å². The Morgan fingerprint density at radius 1 is 0.488 bits per heavy atom. The summed E-state index contributed by atoms with van der Waals surface area (Å²) in [4.78, 5) is 7.21. The number of benzene rings is 6. The van der Waals surface area contributed by atoms with Gasteiger partial charge in [0.05, 0.1) is 10.2 Å². The lowest BCUT2D eigenvalue weighted by Crippen LogP contribution is -2.09. The van der Waals surface area contributed by atoms with Crippen LogP contribution >= 0.6 is 11.3 Å². The molecule has 0 bridgehead atoms. The van der Waals surface area contributed by atoms with Crippen molar-refractivity contribution < 1.29 is 4.42 Å². The van der Waals surface area contributed by atoms with Crippen LogP contribution in [0.5, 0.6) is 0 Å². The quantitative estimate of drug-likeness (QED) is 0.216. The van der Waals surface area contributed by atoms with Crippen LogP contribution in [0.4, 0.5) is 17.1 Å². The van der Waals surface area contributed by atoms with Gasteiger partial charge >= 0.3 is 0 Å². The normalized spacial score (nSPS) is 11.4. The maximum atomic E-state index is 6.33. The van der Waals surface area contributed by atoms with Gasteiger partial charge in [0.1, 0.15) is 16.2 Å². The molecular formula is C37H24N2OS. The summed E-state index contributed by atoms with van der Waals surface area (Å²) >= 11 is 1.72. The maximum absolute atomic E-state index is 6.33. The van der Waals surface area contributed by atoms with E-state index in [-0.39, 0.29) is 0 Å². The molecule has 0 saturated carbocycles. The number of furan rings is 1. The first-order chi connectivity index (χ1) is 20.3. The molecule has 0 radical (unpaired) electrons. The standard InChI is InChI=1S/C37H24N2OS/c1-4-10-25(11-5-1)26-16-18-29(19-17-26)39(28-14-8-3-9-15-28)30-20-21-34-31(22-30)32-23-36-33(24-35(32)40-34)38-37(41-36)27-12-6-2-7-13-27/h1-24H. The number of thiazole rings is 1. The van der Waals surface area contributed by atoms with Gasteiger partial charge < -0.3 is 9.32 Å². The summed E-state index contributed by atoms with van der Waals surface area (Å²) < 4.78 is 7.49. The van der Waals surface area contributed by atoms with Gasteiger partial charge in [-0.3, -0.25) is 0 Å². The van der Waals surface area contributed by atoms with Crippen LogP contribution in [0.25, 0.3) is 53.9 Å². The van der Waals surface area contributed by atoms with Crippen molar-refractivity contribution in [3.8, 4) is 21.7 Å². The lowest BCUT2D eigenvalue weighted by atomic mass is 10.0. The Morgan fingerprint density at radius 3 is 1.80 bits per heavy atom. The summed E-state index contributed by atoms with van der Waals surface area (Å²) in [5, 5.41) is 3.22. The fraction of sp³-hybridized carbons (Fsp3) is 0. The molecule has 0 aliphatic heterocycles. The monoisotopic (exact) mass is 544 g/mol. The lowest BCUT2D eigenvalue weighted by Gasteiger charge is -2.25.